The molecule has 0 saturated heterocycles. The molecule has 4 nitrogen and oxygen atoms in total. The van der Waals surface area contributed by atoms with Gasteiger partial charge in [0, 0.05) is 6.54 Å². The molecule has 2 N–H and O–H groups in total. The molecule has 0 aromatic heterocycles. The maximum absolute atomic E-state index is 13.8. The molecule has 0 aliphatic rings. The number of carbonyl (C=O) groups is 1. The molecular formula is C17H26F2N2O2. The van der Waals surface area contributed by atoms with E-state index in [0.29, 0.717) is 6.54 Å². The van der Waals surface area contributed by atoms with E-state index in [9.17, 15) is 13.6 Å². The zero-order chi connectivity index (χ0) is 17.7. The first kappa shape index (κ1) is 19.4. The summed E-state index contributed by atoms with van der Waals surface area (Å²) in [6.45, 7) is 8.06. The van der Waals surface area contributed by atoms with Crippen LogP contribution in [0.5, 0.6) is 0 Å². The van der Waals surface area contributed by atoms with Crippen molar-refractivity contribution in [2.45, 2.75) is 52.7 Å². The molecular weight excluding hydrogens is 302 g/mol. The Bertz CT molecular complexity index is 540. The molecule has 130 valence electrons. The predicted octanol–water partition coefficient (Wildman–Crippen LogP) is 3.55. The summed E-state index contributed by atoms with van der Waals surface area (Å²) in [7, 11) is 0. The lowest BCUT2D eigenvalue weighted by Gasteiger charge is -2.22. The van der Waals surface area contributed by atoms with E-state index in [1.54, 1.807) is 20.8 Å². The fourth-order valence-corrected chi connectivity index (χ4v) is 1.96. The molecule has 1 rings (SSSR count). The normalized spacial score (nSPS) is 12.1. The number of alkyl carbamates (subject to hydrolysis) is 1. The van der Waals surface area contributed by atoms with Crippen molar-refractivity contribution >= 4 is 6.09 Å². The minimum absolute atomic E-state index is 0.357. The number of aryl methyl sites for hydroxylation is 1. The van der Waals surface area contributed by atoms with Crippen molar-refractivity contribution in [3.8, 4) is 0 Å². The lowest BCUT2D eigenvalue weighted by atomic mass is 10.0. The van der Waals surface area contributed by atoms with E-state index in [1.807, 2.05) is 32.0 Å². The summed E-state index contributed by atoms with van der Waals surface area (Å²) in [5, 5.41) is 4.84. The van der Waals surface area contributed by atoms with Gasteiger partial charge in [0.1, 0.15) is 5.60 Å². The van der Waals surface area contributed by atoms with Crippen LogP contribution in [0.1, 0.15) is 37.5 Å². The van der Waals surface area contributed by atoms with Gasteiger partial charge >= 0.3 is 6.09 Å². The number of halogens is 2. The number of hydrogen-bond acceptors (Lipinski definition) is 3. The predicted molar refractivity (Wildman–Crippen MR) is 86.8 cm³/mol. The van der Waals surface area contributed by atoms with Gasteiger partial charge in [0.15, 0.2) is 0 Å². The third kappa shape index (κ3) is 7.41. The quantitative estimate of drug-likeness (QED) is 0.839. The second-order valence-corrected chi connectivity index (χ2v) is 6.67. The molecule has 0 heterocycles. The molecule has 0 saturated carbocycles. The molecule has 23 heavy (non-hydrogen) atoms. The third-order valence-electron chi connectivity index (χ3n) is 3.31. The number of rotatable bonds is 6. The van der Waals surface area contributed by atoms with Crippen LogP contribution in [-0.2, 0) is 11.3 Å². The van der Waals surface area contributed by atoms with Crippen LogP contribution >= 0.6 is 0 Å². The molecule has 0 radical (unpaired) electrons. The summed E-state index contributed by atoms with van der Waals surface area (Å²) >= 11 is 0. The van der Waals surface area contributed by atoms with Crippen molar-refractivity contribution in [1.29, 1.82) is 0 Å². The number of amides is 1. The van der Waals surface area contributed by atoms with E-state index in [1.165, 1.54) is 0 Å². The van der Waals surface area contributed by atoms with Gasteiger partial charge in [0.05, 0.1) is 13.1 Å². The Labute approximate surface area is 136 Å². The van der Waals surface area contributed by atoms with E-state index < -0.39 is 30.7 Å². The molecule has 0 spiro atoms. The zero-order valence-electron chi connectivity index (χ0n) is 14.4. The van der Waals surface area contributed by atoms with E-state index in [0.717, 1.165) is 16.7 Å². The Kier molecular flexibility index (Phi) is 6.50. The zero-order valence-corrected chi connectivity index (χ0v) is 14.4. The van der Waals surface area contributed by atoms with Crippen LogP contribution in [0.2, 0.25) is 0 Å². The number of alkyl halides is 2. The highest BCUT2D eigenvalue weighted by Crippen LogP contribution is 2.14. The van der Waals surface area contributed by atoms with Crippen molar-refractivity contribution < 1.29 is 18.3 Å². The number of carbonyl (C=O) groups excluding carboxylic acids is 1. The first-order valence-corrected chi connectivity index (χ1v) is 7.61. The number of ether oxygens (including phenoxy) is 1. The molecule has 0 aliphatic carbocycles. The Balaban J connectivity index is 2.41. The van der Waals surface area contributed by atoms with Gasteiger partial charge in [-0.05, 0) is 51.3 Å². The van der Waals surface area contributed by atoms with E-state index >= 15 is 0 Å². The fourth-order valence-electron chi connectivity index (χ4n) is 1.96. The number of hydrogen-bond donors (Lipinski definition) is 2. The van der Waals surface area contributed by atoms with Gasteiger partial charge in [-0.2, -0.15) is 0 Å². The highest BCUT2D eigenvalue weighted by atomic mass is 19.3. The Hall–Kier alpha value is -1.69. The summed E-state index contributed by atoms with van der Waals surface area (Å²) in [5.41, 5.74) is 2.50. The summed E-state index contributed by atoms with van der Waals surface area (Å²) in [6.07, 6.45) is -0.841. The number of nitrogens with one attached hydrogen (secondary N) is 2. The Morgan fingerprint density at radius 3 is 2.43 bits per heavy atom. The number of benzene rings is 1. The van der Waals surface area contributed by atoms with Crippen LogP contribution in [0.15, 0.2) is 18.2 Å². The molecule has 1 aromatic rings. The molecule has 6 heteroatoms. The second-order valence-electron chi connectivity index (χ2n) is 6.67. The van der Waals surface area contributed by atoms with Crippen molar-refractivity contribution in [1.82, 2.24) is 10.6 Å². The van der Waals surface area contributed by atoms with Crippen LogP contribution in [-0.4, -0.2) is 30.7 Å². The summed E-state index contributed by atoms with van der Waals surface area (Å²) in [6, 6.07) is 5.80. The largest absolute Gasteiger partial charge is 0.444 e. The minimum atomic E-state index is -3.05. The maximum Gasteiger partial charge on any atom is 0.407 e. The van der Waals surface area contributed by atoms with Crippen LogP contribution in [0.4, 0.5) is 13.6 Å². The summed E-state index contributed by atoms with van der Waals surface area (Å²) in [4.78, 5) is 11.4. The van der Waals surface area contributed by atoms with Crippen LogP contribution < -0.4 is 10.6 Å². The van der Waals surface area contributed by atoms with Crippen LogP contribution in [0.3, 0.4) is 0 Å². The molecule has 0 bridgehead atoms. The highest BCUT2D eigenvalue weighted by Gasteiger charge is 2.30. The van der Waals surface area contributed by atoms with Gasteiger partial charge in [-0.1, -0.05) is 18.2 Å². The molecule has 1 aromatic carbocycles. The smallest absolute Gasteiger partial charge is 0.407 e. The standard InChI is InChI=1S/C17H26F2N2O2/c1-12-7-6-8-14(13(12)2)9-20-10-17(18,19)11-21-15(22)23-16(3,4)5/h6-8,20H,9-11H2,1-5H3,(H,21,22). The van der Waals surface area contributed by atoms with Gasteiger partial charge < -0.3 is 15.4 Å². The van der Waals surface area contributed by atoms with Crippen molar-refractivity contribution in [2.75, 3.05) is 13.1 Å². The lowest BCUT2D eigenvalue weighted by Crippen LogP contribution is -2.44. The van der Waals surface area contributed by atoms with Gasteiger partial charge in [-0.25, -0.2) is 13.6 Å². The Morgan fingerprint density at radius 2 is 1.83 bits per heavy atom. The monoisotopic (exact) mass is 328 g/mol. The first-order chi connectivity index (χ1) is 10.5. The molecule has 0 aliphatic heterocycles. The minimum Gasteiger partial charge on any atom is -0.444 e. The topological polar surface area (TPSA) is 50.4 Å². The van der Waals surface area contributed by atoms with Crippen molar-refractivity contribution in [3.63, 3.8) is 0 Å². The van der Waals surface area contributed by atoms with Crippen LogP contribution in [0.25, 0.3) is 0 Å². The first-order valence-electron chi connectivity index (χ1n) is 7.61. The van der Waals surface area contributed by atoms with E-state index in [4.69, 9.17) is 4.74 Å². The molecule has 0 fully saturated rings. The average Bonchev–Trinajstić information content (AvgIpc) is 2.39. The van der Waals surface area contributed by atoms with Crippen molar-refractivity contribution in [3.05, 3.63) is 34.9 Å². The average molecular weight is 328 g/mol. The Morgan fingerprint density at radius 1 is 1.17 bits per heavy atom. The summed E-state index contributed by atoms with van der Waals surface area (Å²) < 4.78 is 32.5. The SMILES string of the molecule is Cc1cccc(CNCC(F)(F)CNC(=O)OC(C)(C)C)c1C. The van der Waals surface area contributed by atoms with Gasteiger partial charge in [-0.15, -0.1) is 0 Å². The summed E-state index contributed by atoms with van der Waals surface area (Å²) in [5.74, 6) is -3.05. The van der Waals surface area contributed by atoms with Crippen LogP contribution in [0, 0.1) is 13.8 Å². The van der Waals surface area contributed by atoms with Crippen molar-refractivity contribution in [2.24, 2.45) is 0 Å². The maximum atomic E-state index is 13.8. The molecule has 1 amide bonds. The van der Waals surface area contributed by atoms with Gasteiger partial charge in [0.2, 0.25) is 0 Å². The van der Waals surface area contributed by atoms with E-state index in [2.05, 4.69) is 10.6 Å². The van der Waals surface area contributed by atoms with E-state index in [-0.39, 0.29) is 0 Å². The lowest BCUT2D eigenvalue weighted by molar-refractivity contribution is -0.00377. The van der Waals surface area contributed by atoms with Gasteiger partial charge in [-0.3, -0.25) is 0 Å². The van der Waals surface area contributed by atoms with Gasteiger partial charge in [0.25, 0.3) is 5.92 Å². The molecule has 0 unspecified atom stereocenters. The highest BCUT2D eigenvalue weighted by molar-refractivity contribution is 5.67. The third-order valence-corrected chi connectivity index (χ3v) is 3.31. The fraction of sp³-hybridized carbons (Fsp3) is 0.588. The second kappa shape index (κ2) is 7.73. The molecule has 0 atom stereocenters.